The molecule has 1 heterocycles. The fraction of sp³-hybridized carbons (Fsp3) is 0.619. The molecular formula is C21H28N2. The van der Waals surface area contributed by atoms with E-state index in [9.17, 15) is 0 Å². The molecule has 0 aliphatic heterocycles. The summed E-state index contributed by atoms with van der Waals surface area (Å²) in [6.07, 6.45) is 10.6. The molecule has 5 rings (SSSR count). The first kappa shape index (κ1) is 13.9. The zero-order valence-corrected chi connectivity index (χ0v) is 14.5. The highest BCUT2D eigenvalue weighted by Gasteiger charge is 2.39. The first-order chi connectivity index (χ1) is 11.3. The molecule has 2 unspecified atom stereocenters. The Bertz CT molecular complexity index is 753. The van der Waals surface area contributed by atoms with Crippen molar-refractivity contribution in [3.8, 4) is 0 Å². The smallest absolute Gasteiger partial charge is 0.0536 e. The molecular weight excluding hydrogens is 280 g/mol. The molecule has 0 radical (unpaired) electrons. The van der Waals surface area contributed by atoms with E-state index in [1.54, 1.807) is 16.6 Å². The highest BCUT2D eigenvalue weighted by Crippen LogP contribution is 2.56. The van der Waals surface area contributed by atoms with Crippen LogP contribution in [0.15, 0.2) is 18.3 Å². The van der Waals surface area contributed by atoms with Gasteiger partial charge >= 0.3 is 0 Å². The topological polar surface area (TPSA) is 8.17 Å². The Morgan fingerprint density at radius 2 is 2.00 bits per heavy atom. The molecule has 3 aliphatic rings. The van der Waals surface area contributed by atoms with Crippen LogP contribution in [-0.2, 0) is 7.05 Å². The summed E-state index contributed by atoms with van der Waals surface area (Å²) in [5.41, 5.74) is 6.47. The molecule has 1 aromatic heterocycles. The summed E-state index contributed by atoms with van der Waals surface area (Å²) in [5, 5.41) is 1.51. The van der Waals surface area contributed by atoms with Crippen LogP contribution in [0.4, 0.5) is 5.69 Å². The third-order valence-corrected chi connectivity index (χ3v) is 6.50. The zero-order chi connectivity index (χ0) is 15.6. The molecule has 2 nitrogen and oxygen atoms in total. The maximum absolute atomic E-state index is 2.70. The molecule has 2 saturated carbocycles. The standard InChI is InChI=1S/C21H28N2/c1-3-9-23(13-14-4-5-14)19-12-18-15-6-7-16(11-15)20(18)21-17(19)8-10-22(21)2/h8,10,12,14-16H,3-7,9,11,13H2,1-2H3. The van der Waals surface area contributed by atoms with Crippen molar-refractivity contribution in [1.82, 2.24) is 4.57 Å². The average molecular weight is 308 g/mol. The van der Waals surface area contributed by atoms with Crippen LogP contribution in [0.5, 0.6) is 0 Å². The summed E-state index contributed by atoms with van der Waals surface area (Å²) in [6.45, 7) is 4.79. The molecule has 122 valence electrons. The third kappa shape index (κ3) is 2.07. The van der Waals surface area contributed by atoms with Crippen LogP contribution >= 0.6 is 0 Å². The lowest BCUT2D eigenvalue weighted by Gasteiger charge is -2.28. The summed E-state index contributed by atoms with van der Waals surface area (Å²) in [5.74, 6) is 2.63. The molecule has 2 aromatic rings. The van der Waals surface area contributed by atoms with Gasteiger partial charge < -0.3 is 9.47 Å². The average Bonchev–Trinajstić information content (AvgIpc) is 2.96. The Balaban J connectivity index is 1.69. The number of fused-ring (bicyclic) bond motifs is 7. The summed E-state index contributed by atoms with van der Waals surface area (Å²) in [6, 6.07) is 4.96. The second-order valence-electron chi connectivity index (χ2n) is 8.18. The quantitative estimate of drug-likeness (QED) is 0.740. The number of anilines is 1. The lowest BCUT2D eigenvalue weighted by atomic mass is 9.89. The molecule has 0 spiro atoms. The van der Waals surface area contributed by atoms with Crippen LogP contribution < -0.4 is 4.90 Å². The Morgan fingerprint density at radius 1 is 1.17 bits per heavy atom. The van der Waals surface area contributed by atoms with E-state index in [1.165, 1.54) is 62.7 Å². The number of rotatable bonds is 5. The van der Waals surface area contributed by atoms with Crippen LogP contribution in [0, 0.1) is 5.92 Å². The largest absolute Gasteiger partial charge is 0.371 e. The summed E-state index contributed by atoms with van der Waals surface area (Å²) in [7, 11) is 2.24. The van der Waals surface area contributed by atoms with Crippen molar-refractivity contribution in [3.05, 3.63) is 29.5 Å². The Labute approximate surface area is 139 Å². The van der Waals surface area contributed by atoms with Crippen LogP contribution in [0.25, 0.3) is 10.9 Å². The van der Waals surface area contributed by atoms with Crippen molar-refractivity contribution >= 4 is 16.6 Å². The molecule has 0 saturated heterocycles. The van der Waals surface area contributed by atoms with Gasteiger partial charge in [-0.05, 0) is 79.5 Å². The lowest BCUT2D eigenvalue weighted by molar-refractivity contribution is 0.701. The third-order valence-electron chi connectivity index (χ3n) is 6.50. The fourth-order valence-electron chi connectivity index (χ4n) is 5.26. The van der Waals surface area contributed by atoms with Gasteiger partial charge in [0.05, 0.1) is 5.52 Å². The first-order valence-electron chi connectivity index (χ1n) is 9.63. The summed E-state index contributed by atoms with van der Waals surface area (Å²) >= 11 is 0. The van der Waals surface area contributed by atoms with Gasteiger partial charge in [-0.1, -0.05) is 6.92 Å². The van der Waals surface area contributed by atoms with Crippen molar-refractivity contribution in [2.75, 3.05) is 18.0 Å². The Kier molecular flexibility index (Phi) is 3.05. The van der Waals surface area contributed by atoms with Crippen molar-refractivity contribution in [1.29, 1.82) is 0 Å². The van der Waals surface area contributed by atoms with E-state index < -0.39 is 0 Å². The van der Waals surface area contributed by atoms with E-state index >= 15 is 0 Å². The molecule has 0 amide bonds. The van der Waals surface area contributed by atoms with E-state index in [-0.39, 0.29) is 0 Å². The molecule has 1 aromatic carbocycles. The molecule has 2 fully saturated rings. The van der Waals surface area contributed by atoms with Crippen LogP contribution in [0.3, 0.4) is 0 Å². The number of benzene rings is 1. The van der Waals surface area contributed by atoms with Gasteiger partial charge in [0.2, 0.25) is 0 Å². The Morgan fingerprint density at radius 3 is 2.78 bits per heavy atom. The number of hydrogen-bond acceptors (Lipinski definition) is 1. The minimum Gasteiger partial charge on any atom is -0.371 e. The lowest BCUT2D eigenvalue weighted by Crippen LogP contribution is -2.27. The first-order valence-corrected chi connectivity index (χ1v) is 9.63. The predicted molar refractivity (Wildman–Crippen MR) is 97.5 cm³/mol. The van der Waals surface area contributed by atoms with E-state index in [2.05, 4.69) is 41.8 Å². The highest BCUT2D eigenvalue weighted by molar-refractivity contribution is 5.97. The zero-order valence-electron chi connectivity index (χ0n) is 14.5. The van der Waals surface area contributed by atoms with E-state index in [1.807, 2.05) is 0 Å². The second kappa shape index (κ2) is 5.03. The van der Waals surface area contributed by atoms with Crippen molar-refractivity contribution < 1.29 is 0 Å². The van der Waals surface area contributed by atoms with Gasteiger partial charge in [0, 0.05) is 37.4 Å². The van der Waals surface area contributed by atoms with Gasteiger partial charge in [-0.2, -0.15) is 0 Å². The minimum absolute atomic E-state index is 0.836. The number of aromatic nitrogens is 1. The SMILES string of the molecule is CCCN(CC1CC1)c1cc2c(c3c1ccn3C)C1CCC2C1. The van der Waals surface area contributed by atoms with Gasteiger partial charge in [0.1, 0.15) is 0 Å². The fourth-order valence-corrected chi connectivity index (χ4v) is 5.26. The van der Waals surface area contributed by atoms with Crippen LogP contribution in [0.2, 0.25) is 0 Å². The van der Waals surface area contributed by atoms with E-state index in [4.69, 9.17) is 0 Å². The molecule has 2 heteroatoms. The van der Waals surface area contributed by atoms with Gasteiger partial charge in [-0.25, -0.2) is 0 Å². The summed E-state index contributed by atoms with van der Waals surface area (Å²) < 4.78 is 2.39. The van der Waals surface area contributed by atoms with E-state index in [0.717, 1.165) is 17.8 Å². The van der Waals surface area contributed by atoms with Crippen molar-refractivity contribution in [2.45, 2.75) is 57.3 Å². The molecule has 2 atom stereocenters. The molecule has 2 bridgehead atoms. The van der Waals surface area contributed by atoms with E-state index in [0.29, 0.717) is 0 Å². The second-order valence-corrected chi connectivity index (χ2v) is 8.18. The molecule has 0 N–H and O–H groups in total. The van der Waals surface area contributed by atoms with Gasteiger partial charge in [-0.15, -0.1) is 0 Å². The highest BCUT2D eigenvalue weighted by atomic mass is 15.1. The van der Waals surface area contributed by atoms with Gasteiger partial charge in [0.15, 0.2) is 0 Å². The minimum atomic E-state index is 0.836. The monoisotopic (exact) mass is 308 g/mol. The normalized spacial score (nSPS) is 25.3. The van der Waals surface area contributed by atoms with Crippen molar-refractivity contribution in [2.24, 2.45) is 13.0 Å². The maximum Gasteiger partial charge on any atom is 0.0536 e. The number of nitrogens with zero attached hydrogens (tertiary/aromatic N) is 2. The Hall–Kier alpha value is -1.44. The number of hydrogen-bond donors (Lipinski definition) is 0. The van der Waals surface area contributed by atoms with Gasteiger partial charge in [-0.3, -0.25) is 0 Å². The van der Waals surface area contributed by atoms with Gasteiger partial charge in [0.25, 0.3) is 0 Å². The predicted octanol–water partition coefficient (Wildman–Crippen LogP) is 5.17. The molecule has 3 aliphatic carbocycles. The molecule has 23 heavy (non-hydrogen) atoms. The van der Waals surface area contributed by atoms with Crippen molar-refractivity contribution in [3.63, 3.8) is 0 Å². The van der Waals surface area contributed by atoms with Crippen LogP contribution in [-0.4, -0.2) is 17.7 Å². The maximum atomic E-state index is 2.70. The summed E-state index contributed by atoms with van der Waals surface area (Å²) in [4.78, 5) is 2.70. The number of aryl methyl sites for hydroxylation is 1. The van der Waals surface area contributed by atoms with Crippen LogP contribution in [0.1, 0.15) is 68.4 Å².